The largest absolute Gasteiger partial charge is 0.507 e. The summed E-state index contributed by atoms with van der Waals surface area (Å²) in [5.41, 5.74) is 3.36. The summed E-state index contributed by atoms with van der Waals surface area (Å²) in [7, 11) is 1.59. The maximum absolute atomic E-state index is 13.3. The van der Waals surface area contributed by atoms with Crippen LogP contribution in [0.3, 0.4) is 0 Å². The molecule has 1 amide bonds. The molecule has 1 atom stereocenters. The van der Waals surface area contributed by atoms with Gasteiger partial charge < -0.3 is 19.5 Å². The molecule has 0 spiro atoms. The van der Waals surface area contributed by atoms with Crippen LogP contribution >= 0.6 is 0 Å². The molecular formula is C29H36N2O5. The summed E-state index contributed by atoms with van der Waals surface area (Å²) < 4.78 is 10.8. The van der Waals surface area contributed by atoms with Crippen molar-refractivity contribution in [1.29, 1.82) is 0 Å². The summed E-state index contributed by atoms with van der Waals surface area (Å²) >= 11 is 0. The van der Waals surface area contributed by atoms with E-state index in [2.05, 4.69) is 25.7 Å². The fraction of sp³-hybridized carbons (Fsp3) is 0.448. The number of likely N-dealkylation sites (tertiary alicyclic amines) is 1. The molecule has 4 rings (SSSR count). The van der Waals surface area contributed by atoms with Crippen molar-refractivity contribution >= 4 is 17.4 Å². The van der Waals surface area contributed by atoms with Crippen LogP contribution in [0.15, 0.2) is 48.0 Å². The van der Waals surface area contributed by atoms with Crippen LogP contribution in [0.2, 0.25) is 0 Å². The van der Waals surface area contributed by atoms with Gasteiger partial charge in [-0.05, 0) is 47.2 Å². The number of Topliss-reactive ketones (excluding diaryl/α,β-unsaturated/α-hetero) is 1. The van der Waals surface area contributed by atoms with Gasteiger partial charge in [0.2, 0.25) is 0 Å². The van der Waals surface area contributed by atoms with Crippen molar-refractivity contribution in [3.8, 4) is 5.75 Å². The molecule has 2 heterocycles. The maximum atomic E-state index is 13.3. The highest BCUT2D eigenvalue weighted by atomic mass is 16.5. The van der Waals surface area contributed by atoms with Gasteiger partial charge in [0, 0.05) is 31.7 Å². The maximum Gasteiger partial charge on any atom is 0.295 e. The number of ketones is 1. The number of benzene rings is 2. The van der Waals surface area contributed by atoms with Gasteiger partial charge in [0.05, 0.1) is 31.9 Å². The van der Waals surface area contributed by atoms with Gasteiger partial charge in [-0.25, -0.2) is 0 Å². The second kappa shape index (κ2) is 10.4. The quantitative estimate of drug-likeness (QED) is 0.372. The molecule has 0 bridgehead atoms. The lowest BCUT2D eigenvalue weighted by molar-refractivity contribution is -0.140. The average Bonchev–Trinajstić information content (AvgIpc) is 3.12. The Morgan fingerprint density at radius 3 is 2.31 bits per heavy atom. The van der Waals surface area contributed by atoms with Crippen LogP contribution < -0.4 is 4.74 Å². The summed E-state index contributed by atoms with van der Waals surface area (Å²) in [6, 6.07) is 12.6. The fourth-order valence-corrected chi connectivity index (χ4v) is 4.88. The topological polar surface area (TPSA) is 79.3 Å². The Labute approximate surface area is 213 Å². The van der Waals surface area contributed by atoms with E-state index in [-0.39, 0.29) is 16.7 Å². The highest BCUT2D eigenvalue weighted by Crippen LogP contribution is 2.40. The molecule has 1 N–H and O–H groups in total. The van der Waals surface area contributed by atoms with Gasteiger partial charge in [0.15, 0.2) is 0 Å². The number of ether oxygens (including phenoxy) is 2. The molecule has 0 aliphatic carbocycles. The molecular weight excluding hydrogens is 456 g/mol. The third-order valence-electron chi connectivity index (χ3n) is 7.06. The third-order valence-corrected chi connectivity index (χ3v) is 7.06. The van der Waals surface area contributed by atoms with Crippen LogP contribution in [0.25, 0.3) is 5.76 Å². The first-order valence-electron chi connectivity index (χ1n) is 12.5. The number of morpholine rings is 1. The molecule has 0 saturated carbocycles. The van der Waals surface area contributed by atoms with E-state index in [0.29, 0.717) is 37.6 Å². The average molecular weight is 493 g/mol. The van der Waals surface area contributed by atoms with Gasteiger partial charge in [0.1, 0.15) is 11.5 Å². The molecule has 7 heteroatoms. The first-order chi connectivity index (χ1) is 17.1. The second-order valence-electron chi connectivity index (χ2n) is 10.5. The number of nitrogens with zero attached hydrogens (tertiary/aromatic N) is 2. The summed E-state index contributed by atoms with van der Waals surface area (Å²) in [6.07, 6.45) is 0. The van der Waals surface area contributed by atoms with Crippen molar-refractivity contribution in [2.75, 3.05) is 46.5 Å². The van der Waals surface area contributed by atoms with Crippen molar-refractivity contribution in [2.45, 2.75) is 39.2 Å². The Morgan fingerprint density at radius 1 is 1.06 bits per heavy atom. The minimum Gasteiger partial charge on any atom is -0.507 e. The van der Waals surface area contributed by atoms with Crippen LogP contribution in [0, 0.1) is 6.92 Å². The number of methoxy groups -OCH3 is 1. The lowest BCUT2D eigenvalue weighted by Gasteiger charge is -2.31. The Kier molecular flexibility index (Phi) is 7.52. The summed E-state index contributed by atoms with van der Waals surface area (Å²) in [6.45, 7) is 12.2. The van der Waals surface area contributed by atoms with E-state index in [1.54, 1.807) is 30.2 Å². The molecule has 1 unspecified atom stereocenters. The van der Waals surface area contributed by atoms with Crippen molar-refractivity contribution in [2.24, 2.45) is 0 Å². The number of carbonyl (C=O) groups is 2. The first-order valence-corrected chi connectivity index (χ1v) is 12.5. The Balaban J connectivity index is 1.76. The third kappa shape index (κ3) is 5.18. The zero-order valence-corrected chi connectivity index (χ0v) is 21.8. The predicted octanol–water partition coefficient (Wildman–Crippen LogP) is 4.06. The van der Waals surface area contributed by atoms with E-state index < -0.39 is 17.7 Å². The SMILES string of the molecule is COc1ccc(C(O)=C2C(=O)C(=O)N(CCN3CCOCC3)C2c2ccc(C(C)(C)C)cc2)cc1C. The van der Waals surface area contributed by atoms with Crippen molar-refractivity contribution < 1.29 is 24.2 Å². The van der Waals surface area contributed by atoms with Gasteiger partial charge in [0.25, 0.3) is 11.7 Å². The minimum atomic E-state index is -0.664. The van der Waals surface area contributed by atoms with E-state index in [1.165, 1.54) is 0 Å². The Hall–Kier alpha value is -3.16. The van der Waals surface area contributed by atoms with Gasteiger partial charge in [-0.3, -0.25) is 14.5 Å². The molecule has 7 nitrogen and oxygen atoms in total. The molecule has 2 aromatic rings. The Morgan fingerprint density at radius 2 is 1.72 bits per heavy atom. The van der Waals surface area contributed by atoms with Crippen LogP contribution in [0.1, 0.15) is 49.1 Å². The molecule has 2 aromatic carbocycles. The fourth-order valence-electron chi connectivity index (χ4n) is 4.88. The number of carbonyl (C=O) groups excluding carboxylic acids is 2. The zero-order chi connectivity index (χ0) is 26.0. The second-order valence-corrected chi connectivity index (χ2v) is 10.5. The minimum absolute atomic E-state index is 0.0305. The molecule has 0 radical (unpaired) electrons. The van der Waals surface area contributed by atoms with Crippen LogP contribution in [-0.2, 0) is 19.7 Å². The van der Waals surface area contributed by atoms with E-state index >= 15 is 0 Å². The number of hydrogen-bond donors (Lipinski definition) is 1. The summed E-state index contributed by atoms with van der Waals surface area (Å²) in [5.74, 6) is -0.725. The number of aliphatic hydroxyl groups excluding tert-OH is 1. The van der Waals surface area contributed by atoms with Crippen molar-refractivity contribution in [3.63, 3.8) is 0 Å². The van der Waals surface area contributed by atoms with E-state index in [0.717, 1.165) is 29.8 Å². The smallest absolute Gasteiger partial charge is 0.295 e. The molecule has 2 fully saturated rings. The summed E-state index contributed by atoms with van der Waals surface area (Å²) in [4.78, 5) is 30.4. The number of amides is 1. The first kappa shape index (κ1) is 25.9. The zero-order valence-electron chi connectivity index (χ0n) is 21.8. The highest BCUT2D eigenvalue weighted by Gasteiger charge is 2.46. The van der Waals surface area contributed by atoms with Gasteiger partial charge >= 0.3 is 0 Å². The van der Waals surface area contributed by atoms with E-state index in [1.807, 2.05) is 31.2 Å². The van der Waals surface area contributed by atoms with Crippen molar-refractivity contribution in [3.05, 3.63) is 70.3 Å². The Bertz CT molecular complexity index is 1160. The van der Waals surface area contributed by atoms with Crippen molar-refractivity contribution in [1.82, 2.24) is 9.80 Å². The normalized spacial score (nSPS) is 20.7. The van der Waals surface area contributed by atoms with E-state index in [9.17, 15) is 14.7 Å². The van der Waals surface area contributed by atoms with Gasteiger partial charge in [-0.2, -0.15) is 0 Å². The summed E-state index contributed by atoms with van der Waals surface area (Å²) in [5, 5.41) is 11.4. The monoisotopic (exact) mass is 492 g/mol. The molecule has 2 saturated heterocycles. The highest BCUT2D eigenvalue weighted by molar-refractivity contribution is 6.46. The number of rotatable bonds is 6. The van der Waals surface area contributed by atoms with Crippen LogP contribution in [-0.4, -0.2) is 73.1 Å². The van der Waals surface area contributed by atoms with Crippen LogP contribution in [0.4, 0.5) is 0 Å². The molecule has 2 aliphatic heterocycles. The lowest BCUT2D eigenvalue weighted by Crippen LogP contribution is -2.42. The molecule has 0 aromatic heterocycles. The predicted molar refractivity (Wildman–Crippen MR) is 139 cm³/mol. The molecule has 2 aliphatic rings. The number of aryl methyl sites for hydroxylation is 1. The number of hydrogen-bond acceptors (Lipinski definition) is 6. The molecule has 36 heavy (non-hydrogen) atoms. The number of aliphatic hydroxyl groups is 1. The lowest BCUT2D eigenvalue weighted by atomic mass is 9.85. The van der Waals surface area contributed by atoms with Gasteiger partial charge in [-0.1, -0.05) is 45.0 Å². The van der Waals surface area contributed by atoms with Gasteiger partial charge in [-0.15, -0.1) is 0 Å². The standard InChI is InChI=1S/C29H36N2O5/c1-19-18-21(8-11-23(19)35-5)26(32)24-25(20-6-9-22(10-7-20)29(2,3)4)31(28(34)27(24)33)13-12-30-14-16-36-17-15-30/h6-11,18,25,32H,12-17H2,1-5H3. The van der Waals surface area contributed by atoms with E-state index in [4.69, 9.17) is 9.47 Å². The molecule has 192 valence electrons. The van der Waals surface area contributed by atoms with Crippen LogP contribution in [0.5, 0.6) is 5.75 Å².